The Balaban J connectivity index is 1.67. The van der Waals surface area contributed by atoms with Crippen LogP contribution in [0.1, 0.15) is 11.1 Å². The number of nitrogens with two attached hydrogens (primary N) is 1. The number of hydrogen-bond acceptors (Lipinski definition) is 7. The highest BCUT2D eigenvalue weighted by Crippen LogP contribution is 2.26. The molecule has 0 aliphatic rings. The van der Waals surface area contributed by atoms with Crippen LogP contribution in [-0.4, -0.2) is 30.0 Å². The Morgan fingerprint density at radius 3 is 2.16 bits per heavy atom. The maximum Gasteiger partial charge on any atom is 0.297 e. The minimum atomic E-state index is -3.91. The average Bonchev–Trinajstić information content (AvgIpc) is 2.73. The predicted octanol–water partition coefficient (Wildman–Crippen LogP) is 3.34. The van der Waals surface area contributed by atoms with Crippen molar-refractivity contribution in [2.75, 3.05) is 18.9 Å². The van der Waals surface area contributed by atoms with Crippen LogP contribution in [0.2, 0.25) is 0 Å². The summed E-state index contributed by atoms with van der Waals surface area (Å²) in [6.45, 7) is 1.53. The van der Waals surface area contributed by atoms with Crippen molar-refractivity contribution < 1.29 is 25.8 Å². The number of hydrogen-bond donors (Lipinski definition) is 1. The molecule has 7 nitrogen and oxygen atoms in total. The fraction of sp³-hybridized carbons (Fsp3) is 0.182. The van der Waals surface area contributed by atoms with Gasteiger partial charge in [0.25, 0.3) is 10.1 Å². The molecule has 0 aromatic heterocycles. The Morgan fingerprint density at radius 2 is 1.48 bits per heavy atom. The van der Waals surface area contributed by atoms with Gasteiger partial charge in [-0.05, 0) is 49.4 Å². The molecule has 0 spiro atoms. The molecule has 0 fully saturated rings. The topological polar surface area (TPSA) is 113 Å². The van der Waals surface area contributed by atoms with Crippen LogP contribution in [-0.2, 0) is 29.9 Å². The molecule has 0 unspecified atom stereocenters. The van der Waals surface area contributed by atoms with Crippen LogP contribution in [0.4, 0.5) is 5.69 Å². The van der Waals surface area contributed by atoms with Gasteiger partial charge in [-0.15, -0.1) is 0 Å². The number of sulfone groups is 1. The van der Waals surface area contributed by atoms with Crippen molar-refractivity contribution in [3.8, 4) is 5.75 Å². The second kappa shape index (κ2) is 9.51. The molecule has 31 heavy (non-hydrogen) atoms. The van der Waals surface area contributed by atoms with Crippen molar-refractivity contribution in [2.24, 2.45) is 0 Å². The molecule has 0 saturated heterocycles. The lowest BCUT2D eigenvalue weighted by Gasteiger charge is -2.13. The molecule has 0 amide bonds. The number of rotatable bonds is 9. The van der Waals surface area contributed by atoms with E-state index in [4.69, 9.17) is 14.7 Å². The summed E-state index contributed by atoms with van der Waals surface area (Å²) in [5.41, 5.74) is 7.52. The van der Waals surface area contributed by atoms with Crippen molar-refractivity contribution in [3.05, 3.63) is 83.9 Å². The molecule has 2 N–H and O–H groups in total. The van der Waals surface area contributed by atoms with Crippen molar-refractivity contribution in [2.45, 2.75) is 22.5 Å². The molecule has 3 rings (SSSR count). The van der Waals surface area contributed by atoms with Crippen molar-refractivity contribution in [1.82, 2.24) is 0 Å². The van der Waals surface area contributed by atoms with Gasteiger partial charge in [-0.3, -0.25) is 4.18 Å². The van der Waals surface area contributed by atoms with Gasteiger partial charge in [0.15, 0.2) is 9.84 Å². The van der Waals surface area contributed by atoms with Gasteiger partial charge in [-0.1, -0.05) is 35.9 Å². The van der Waals surface area contributed by atoms with Gasteiger partial charge in [-0.25, -0.2) is 8.42 Å². The quantitative estimate of drug-likeness (QED) is 0.295. The van der Waals surface area contributed by atoms with Gasteiger partial charge in [0, 0.05) is 11.3 Å². The molecule has 3 aromatic rings. The van der Waals surface area contributed by atoms with E-state index in [1.54, 1.807) is 42.5 Å². The number of benzene rings is 3. The third-order valence-electron chi connectivity index (χ3n) is 4.42. The van der Waals surface area contributed by atoms with E-state index >= 15 is 0 Å². The van der Waals surface area contributed by atoms with Gasteiger partial charge < -0.3 is 10.5 Å². The second-order valence-electron chi connectivity index (χ2n) is 6.88. The largest absolute Gasteiger partial charge is 0.491 e. The fourth-order valence-corrected chi connectivity index (χ4v) is 5.10. The molecule has 0 aliphatic heterocycles. The Kier molecular flexibility index (Phi) is 6.99. The zero-order valence-electron chi connectivity index (χ0n) is 16.9. The first-order valence-electron chi connectivity index (χ1n) is 9.42. The molecular weight excluding hydrogens is 438 g/mol. The van der Waals surface area contributed by atoms with E-state index in [1.165, 1.54) is 30.3 Å². The second-order valence-corrected chi connectivity index (χ2v) is 10.5. The summed E-state index contributed by atoms with van der Waals surface area (Å²) in [7, 11) is -7.52. The van der Waals surface area contributed by atoms with E-state index in [0.717, 1.165) is 5.56 Å². The zero-order valence-corrected chi connectivity index (χ0v) is 18.5. The van der Waals surface area contributed by atoms with Crippen LogP contribution in [0.25, 0.3) is 0 Å². The zero-order chi connectivity index (χ0) is 22.5. The Labute approximate surface area is 182 Å². The number of aryl methyl sites for hydroxylation is 1. The van der Waals surface area contributed by atoms with Crippen LogP contribution in [0.3, 0.4) is 0 Å². The van der Waals surface area contributed by atoms with Gasteiger partial charge in [0.2, 0.25) is 0 Å². The summed E-state index contributed by atoms with van der Waals surface area (Å²) in [5, 5.41) is 0. The fourth-order valence-electron chi connectivity index (χ4n) is 2.84. The van der Waals surface area contributed by atoms with E-state index in [2.05, 4.69) is 0 Å². The maximum atomic E-state index is 12.7. The summed E-state index contributed by atoms with van der Waals surface area (Å²) < 4.78 is 60.5. The molecule has 0 bridgehead atoms. The first kappa shape index (κ1) is 22.8. The van der Waals surface area contributed by atoms with E-state index in [9.17, 15) is 16.8 Å². The third-order valence-corrected chi connectivity index (χ3v) is 7.43. The minimum absolute atomic E-state index is 0.0558. The summed E-state index contributed by atoms with van der Waals surface area (Å²) >= 11 is 0. The molecule has 0 atom stereocenters. The van der Waals surface area contributed by atoms with E-state index in [0.29, 0.717) is 17.0 Å². The molecular formula is C22H23NO6S2. The number of nitrogen functional groups attached to an aromatic ring is 1. The number of ether oxygens (including phenoxy) is 1. The molecule has 9 heteroatoms. The van der Waals surface area contributed by atoms with Crippen LogP contribution in [0, 0.1) is 6.92 Å². The van der Waals surface area contributed by atoms with Crippen LogP contribution >= 0.6 is 0 Å². The molecule has 0 aliphatic carbocycles. The molecule has 3 aromatic carbocycles. The summed E-state index contributed by atoms with van der Waals surface area (Å²) in [6.07, 6.45) is 0. The predicted molar refractivity (Wildman–Crippen MR) is 118 cm³/mol. The van der Waals surface area contributed by atoms with E-state index in [-0.39, 0.29) is 28.8 Å². The summed E-state index contributed by atoms with van der Waals surface area (Å²) in [5.74, 6) is -0.00931. The Morgan fingerprint density at radius 1 is 0.806 bits per heavy atom. The lowest BCUT2D eigenvalue weighted by molar-refractivity contribution is 0.220. The van der Waals surface area contributed by atoms with Crippen molar-refractivity contribution in [3.63, 3.8) is 0 Å². The number of anilines is 1. The average molecular weight is 462 g/mol. The monoisotopic (exact) mass is 461 g/mol. The van der Waals surface area contributed by atoms with Gasteiger partial charge >= 0.3 is 0 Å². The van der Waals surface area contributed by atoms with Gasteiger partial charge in [0.1, 0.15) is 19.0 Å². The van der Waals surface area contributed by atoms with E-state index < -0.39 is 20.0 Å². The first-order chi connectivity index (χ1) is 14.7. The highest BCUT2D eigenvalue weighted by atomic mass is 32.2. The molecule has 0 heterocycles. The standard InChI is InChI=1S/C22H23NO6S2/c1-17-7-10-21(11-8-17)31(26,27)29-14-13-28-22-12-9-19(23)15-18(22)16-30(24,25)20-5-3-2-4-6-20/h2-12,15H,13-14,16,23H2,1H3. The maximum absolute atomic E-state index is 12.7. The molecule has 164 valence electrons. The lowest BCUT2D eigenvalue weighted by Crippen LogP contribution is -2.14. The summed E-state index contributed by atoms with van der Waals surface area (Å²) in [4.78, 5) is 0.246. The lowest BCUT2D eigenvalue weighted by atomic mass is 10.2. The SMILES string of the molecule is Cc1ccc(S(=O)(=O)OCCOc2ccc(N)cc2CS(=O)(=O)c2ccccc2)cc1. The van der Waals surface area contributed by atoms with Gasteiger partial charge in [0.05, 0.1) is 15.5 Å². The molecule has 0 saturated carbocycles. The van der Waals surface area contributed by atoms with Crippen LogP contribution in [0.5, 0.6) is 5.75 Å². The van der Waals surface area contributed by atoms with Crippen molar-refractivity contribution >= 4 is 25.6 Å². The molecule has 0 radical (unpaired) electrons. The van der Waals surface area contributed by atoms with Gasteiger partial charge in [-0.2, -0.15) is 8.42 Å². The van der Waals surface area contributed by atoms with Crippen LogP contribution in [0.15, 0.2) is 82.6 Å². The Hall–Kier alpha value is -2.88. The smallest absolute Gasteiger partial charge is 0.297 e. The normalized spacial score (nSPS) is 11.9. The van der Waals surface area contributed by atoms with E-state index in [1.807, 2.05) is 6.92 Å². The Bertz CT molecular complexity index is 1240. The minimum Gasteiger partial charge on any atom is -0.491 e. The third kappa shape index (κ3) is 6.06. The van der Waals surface area contributed by atoms with Crippen molar-refractivity contribution in [1.29, 1.82) is 0 Å². The first-order valence-corrected chi connectivity index (χ1v) is 12.5. The highest BCUT2D eigenvalue weighted by molar-refractivity contribution is 7.90. The summed E-state index contributed by atoms with van der Waals surface area (Å²) in [6, 6.07) is 19.0. The highest BCUT2D eigenvalue weighted by Gasteiger charge is 2.19. The van der Waals surface area contributed by atoms with Crippen LogP contribution < -0.4 is 10.5 Å².